The maximum atomic E-state index is 9.49. The third-order valence-corrected chi connectivity index (χ3v) is 6.16. The Morgan fingerprint density at radius 2 is 1.97 bits per heavy atom. The van der Waals surface area contributed by atoms with Gasteiger partial charge in [0.15, 0.2) is 0 Å². The molecule has 7 heteroatoms. The quantitative estimate of drug-likeness (QED) is 0.447. The van der Waals surface area contributed by atoms with Crippen LogP contribution in [0.3, 0.4) is 0 Å². The van der Waals surface area contributed by atoms with Crippen LogP contribution in [0.4, 0.5) is 17.5 Å². The minimum atomic E-state index is 0.290. The summed E-state index contributed by atoms with van der Waals surface area (Å²) in [5.74, 6) is 1.79. The summed E-state index contributed by atoms with van der Waals surface area (Å²) in [6.07, 6.45) is 4.10. The van der Waals surface area contributed by atoms with Gasteiger partial charge in [-0.05, 0) is 61.6 Å². The maximum absolute atomic E-state index is 9.49. The molecule has 0 unspecified atom stereocenters. The van der Waals surface area contributed by atoms with E-state index in [1.54, 1.807) is 12.1 Å². The molecule has 1 atom stereocenters. The van der Waals surface area contributed by atoms with Crippen LogP contribution >= 0.6 is 0 Å². The van der Waals surface area contributed by atoms with E-state index in [0.717, 1.165) is 73.6 Å². The van der Waals surface area contributed by atoms with E-state index < -0.39 is 0 Å². The van der Waals surface area contributed by atoms with Crippen molar-refractivity contribution >= 4 is 17.5 Å². The molecule has 1 aliphatic rings. The first-order valence-electron chi connectivity index (χ1n) is 12.0. The van der Waals surface area contributed by atoms with Gasteiger partial charge in [-0.2, -0.15) is 10.2 Å². The maximum Gasteiger partial charge on any atom is 0.229 e. The van der Waals surface area contributed by atoms with Crippen LogP contribution in [0.2, 0.25) is 0 Å². The molecule has 2 heterocycles. The molecule has 1 aliphatic heterocycles. The molecule has 176 valence electrons. The second-order valence-electron chi connectivity index (χ2n) is 8.89. The van der Waals surface area contributed by atoms with E-state index in [2.05, 4.69) is 34.6 Å². The number of nitriles is 1. The van der Waals surface area contributed by atoms with E-state index in [1.165, 1.54) is 0 Å². The molecule has 0 radical (unpaired) electrons. The molecular weight excluding hydrogens is 424 g/mol. The molecule has 0 saturated carbocycles. The zero-order valence-electron chi connectivity index (χ0n) is 19.9. The Morgan fingerprint density at radius 3 is 2.74 bits per heavy atom. The molecule has 1 aromatic heterocycles. The van der Waals surface area contributed by atoms with Crippen molar-refractivity contribution in [2.24, 2.45) is 0 Å². The number of aromatic hydroxyl groups is 1. The highest BCUT2D eigenvalue weighted by Crippen LogP contribution is 2.24. The zero-order chi connectivity index (χ0) is 23.9. The zero-order valence-corrected chi connectivity index (χ0v) is 19.9. The molecule has 3 N–H and O–H groups in total. The highest BCUT2D eigenvalue weighted by Gasteiger charge is 2.22. The van der Waals surface area contributed by atoms with Gasteiger partial charge >= 0.3 is 0 Å². The standard InChI is InChI=1S/C27H32N6O/c1-3-5-22-15-26(32-27(30-22)31-23-10-7-19(2)21(14-23)16-28)33-13-4-6-24(18-33)29-17-20-8-11-25(34)12-9-20/h7-12,14-15,24,29,34H,3-6,13,17-18H2,1-2H3,(H,30,31,32)/t24-/m1/s1. The Labute approximate surface area is 201 Å². The Morgan fingerprint density at radius 1 is 1.15 bits per heavy atom. The lowest BCUT2D eigenvalue weighted by Gasteiger charge is -2.34. The van der Waals surface area contributed by atoms with Crippen LogP contribution in [-0.2, 0) is 13.0 Å². The Bertz CT molecular complexity index is 1150. The van der Waals surface area contributed by atoms with Crippen LogP contribution in [0.5, 0.6) is 5.75 Å². The highest BCUT2D eigenvalue weighted by molar-refractivity contribution is 5.59. The highest BCUT2D eigenvalue weighted by atomic mass is 16.3. The summed E-state index contributed by atoms with van der Waals surface area (Å²) in [7, 11) is 0. The molecule has 34 heavy (non-hydrogen) atoms. The monoisotopic (exact) mass is 456 g/mol. The second kappa shape index (κ2) is 11.0. The van der Waals surface area contributed by atoms with Crippen molar-refractivity contribution < 1.29 is 5.11 Å². The summed E-state index contributed by atoms with van der Waals surface area (Å²) in [6, 6.07) is 17.8. The topological polar surface area (TPSA) is 97.1 Å². The number of piperidine rings is 1. The molecule has 7 nitrogen and oxygen atoms in total. The van der Waals surface area contributed by atoms with E-state index in [0.29, 0.717) is 17.6 Å². The number of phenolic OH excluding ortho intramolecular Hbond substituents is 1. The molecule has 4 rings (SSSR count). The van der Waals surface area contributed by atoms with Crippen LogP contribution in [0.15, 0.2) is 48.5 Å². The number of aryl methyl sites for hydroxylation is 2. The first kappa shape index (κ1) is 23.5. The number of rotatable bonds is 8. The molecule has 0 spiro atoms. The second-order valence-corrected chi connectivity index (χ2v) is 8.89. The van der Waals surface area contributed by atoms with Gasteiger partial charge in [-0.15, -0.1) is 0 Å². The van der Waals surface area contributed by atoms with Crippen molar-refractivity contribution in [3.8, 4) is 11.8 Å². The van der Waals surface area contributed by atoms with Gasteiger partial charge in [0, 0.05) is 43.1 Å². The van der Waals surface area contributed by atoms with Gasteiger partial charge in [-0.25, -0.2) is 4.98 Å². The summed E-state index contributed by atoms with van der Waals surface area (Å²) >= 11 is 0. The number of anilines is 3. The molecular formula is C27H32N6O. The first-order valence-corrected chi connectivity index (χ1v) is 12.0. The van der Waals surface area contributed by atoms with Gasteiger partial charge in [0.2, 0.25) is 5.95 Å². The minimum absolute atomic E-state index is 0.290. The van der Waals surface area contributed by atoms with Crippen molar-refractivity contribution in [3.05, 3.63) is 70.9 Å². The number of phenols is 1. The SMILES string of the molecule is CCCc1cc(N2CCC[C@@H](NCc3ccc(O)cc3)C2)nc(Nc2ccc(C)c(C#N)c2)n1. The van der Waals surface area contributed by atoms with Gasteiger partial charge in [0.05, 0.1) is 11.6 Å². The van der Waals surface area contributed by atoms with Crippen molar-refractivity contribution in [1.29, 1.82) is 5.26 Å². The van der Waals surface area contributed by atoms with Crippen molar-refractivity contribution in [2.45, 2.75) is 52.1 Å². The molecule has 0 aliphatic carbocycles. The van der Waals surface area contributed by atoms with Gasteiger partial charge < -0.3 is 20.6 Å². The average Bonchev–Trinajstić information content (AvgIpc) is 2.85. The van der Waals surface area contributed by atoms with Crippen molar-refractivity contribution in [1.82, 2.24) is 15.3 Å². The Balaban J connectivity index is 1.49. The Kier molecular flexibility index (Phi) is 7.61. The third-order valence-electron chi connectivity index (χ3n) is 6.16. The molecule has 3 aromatic rings. The van der Waals surface area contributed by atoms with E-state index in [1.807, 2.05) is 37.3 Å². The summed E-state index contributed by atoms with van der Waals surface area (Å²) < 4.78 is 0. The largest absolute Gasteiger partial charge is 0.508 e. The fourth-order valence-corrected chi connectivity index (χ4v) is 4.26. The Hall–Kier alpha value is -3.63. The van der Waals surface area contributed by atoms with E-state index in [-0.39, 0.29) is 5.75 Å². The van der Waals surface area contributed by atoms with Gasteiger partial charge in [0.25, 0.3) is 0 Å². The third kappa shape index (κ3) is 6.03. The number of hydrogen-bond acceptors (Lipinski definition) is 7. The van der Waals surface area contributed by atoms with E-state index >= 15 is 0 Å². The number of aromatic nitrogens is 2. The lowest BCUT2D eigenvalue weighted by Crippen LogP contribution is -2.45. The molecule has 1 saturated heterocycles. The van der Waals surface area contributed by atoms with Crippen LogP contribution in [-0.4, -0.2) is 34.2 Å². The van der Waals surface area contributed by atoms with Gasteiger partial charge in [-0.1, -0.05) is 31.5 Å². The molecule has 0 bridgehead atoms. The number of nitrogens with zero attached hydrogens (tertiary/aromatic N) is 4. The van der Waals surface area contributed by atoms with Crippen molar-refractivity contribution in [2.75, 3.05) is 23.3 Å². The van der Waals surface area contributed by atoms with Crippen LogP contribution in [0.25, 0.3) is 0 Å². The predicted octanol–water partition coefficient (Wildman–Crippen LogP) is 4.82. The van der Waals surface area contributed by atoms with Gasteiger partial charge in [-0.3, -0.25) is 0 Å². The van der Waals surface area contributed by atoms with Crippen LogP contribution in [0, 0.1) is 18.3 Å². The normalized spacial score (nSPS) is 15.7. The molecule has 2 aromatic carbocycles. The lowest BCUT2D eigenvalue weighted by molar-refractivity contribution is 0.419. The predicted molar refractivity (Wildman–Crippen MR) is 135 cm³/mol. The first-order chi connectivity index (χ1) is 16.5. The van der Waals surface area contributed by atoms with E-state index in [9.17, 15) is 10.4 Å². The summed E-state index contributed by atoms with van der Waals surface area (Å²) in [6.45, 7) is 6.69. The van der Waals surface area contributed by atoms with E-state index in [4.69, 9.17) is 9.97 Å². The molecule has 0 amide bonds. The lowest BCUT2D eigenvalue weighted by atomic mass is 10.0. The fraction of sp³-hybridized carbons (Fsp3) is 0.370. The number of nitrogens with one attached hydrogen (secondary N) is 2. The summed E-state index contributed by atoms with van der Waals surface area (Å²) in [5, 5.41) is 25.8. The smallest absolute Gasteiger partial charge is 0.229 e. The number of hydrogen-bond donors (Lipinski definition) is 3. The van der Waals surface area contributed by atoms with Crippen LogP contribution in [0.1, 0.15) is 48.6 Å². The fourth-order valence-electron chi connectivity index (χ4n) is 4.26. The summed E-state index contributed by atoms with van der Waals surface area (Å²) in [5.41, 5.74) is 4.58. The minimum Gasteiger partial charge on any atom is -0.508 e. The number of benzene rings is 2. The molecule has 1 fully saturated rings. The van der Waals surface area contributed by atoms with Gasteiger partial charge in [0.1, 0.15) is 11.6 Å². The van der Waals surface area contributed by atoms with Crippen molar-refractivity contribution in [3.63, 3.8) is 0 Å². The average molecular weight is 457 g/mol. The van der Waals surface area contributed by atoms with Crippen LogP contribution < -0.4 is 15.5 Å². The summed E-state index contributed by atoms with van der Waals surface area (Å²) in [4.78, 5) is 11.9.